The van der Waals surface area contributed by atoms with Gasteiger partial charge in [0.1, 0.15) is 5.75 Å². The van der Waals surface area contributed by atoms with E-state index >= 15 is 0 Å². The number of phenols is 1. The van der Waals surface area contributed by atoms with Gasteiger partial charge in [-0.25, -0.2) is 0 Å². The van der Waals surface area contributed by atoms with Crippen LogP contribution in [0.3, 0.4) is 0 Å². The highest BCUT2D eigenvalue weighted by Gasteiger charge is 2.28. The molecule has 0 bridgehead atoms. The highest BCUT2D eigenvalue weighted by molar-refractivity contribution is 5.94. The lowest BCUT2D eigenvalue weighted by atomic mass is 9.80. The Morgan fingerprint density at radius 3 is 2.72 bits per heavy atom. The lowest BCUT2D eigenvalue weighted by molar-refractivity contribution is 0.0734. The third-order valence-corrected chi connectivity index (χ3v) is 3.59. The number of hydrogen-bond donors (Lipinski definition) is 2. The Hall–Kier alpha value is -1.55. The first-order valence-corrected chi connectivity index (χ1v) is 6.28. The maximum absolute atomic E-state index is 12.2. The van der Waals surface area contributed by atoms with Crippen LogP contribution >= 0.6 is 0 Å². The Kier molecular flexibility index (Phi) is 3.57. The number of hydrogen-bond acceptors (Lipinski definition) is 3. The van der Waals surface area contributed by atoms with Gasteiger partial charge >= 0.3 is 0 Å². The minimum absolute atomic E-state index is 0.00132. The number of aromatic hydroxyl groups is 1. The summed E-state index contributed by atoms with van der Waals surface area (Å²) in [4.78, 5) is 13.9. The van der Waals surface area contributed by atoms with Crippen molar-refractivity contribution in [2.45, 2.75) is 25.8 Å². The molecule has 0 atom stereocenters. The van der Waals surface area contributed by atoms with Gasteiger partial charge < -0.3 is 15.7 Å². The van der Waals surface area contributed by atoms with Crippen molar-refractivity contribution in [1.29, 1.82) is 0 Å². The lowest BCUT2D eigenvalue weighted by Crippen LogP contribution is -2.43. The zero-order valence-corrected chi connectivity index (χ0v) is 10.9. The van der Waals surface area contributed by atoms with Gasteiger partial charge in [0.2, 0.25) is 0 Å². The van der Waals surface area contributed by atoms with Gasteiger partial charge in [0, 0.05) is 25.2 Å². The van der Waals surface area contributed by atoms with Crippen LogP contribution in [0.2, 0.25) is 0 Å². The Bertz CT molecular complexity index is 453. The van der Waals surface area contributed by atoms with Crippen LogP contribution < -0.4 is 5.73 Å². The zero-order chi connectivity index (χ0) is 13.3. The number of aryl methyl sites for hydroxylation is 1. The van der Waals surface area contributed by atoms with E-state index in [1.807, 2.05) is 7.05 Å². The number of amides is 1. The Morgan fingerprint density at radius 2 is 2.17 bits per heavy atom. The van der Waals surface area contributed by atoms with Gasteiger partial charge in [-0.05, 0) is 49.4 Å². The standard InChI is InChI=1S/C14H20N2O2/c1-9-5-11(3-4-13(9)17)14(18)16(2)8-10-6-12(15)7-10/h3-5,10,12,17H,6-8,15H2,1-2H3. The van der Waals surface area contributed by atoms with Crippen molar-refractivity contribution in [1.82, 2.24) is 4.90 Å². The van der Waals surface area contributed by atoms with Crippen molar-refractivity contribution in [2.24, 2.45) is 11.7 Å². The van der Waals surface area contributed by atoms with Gasteiger partial charge in [0.25, 0.3) is 5.91 Å². The van der Waals surface area contributed by atoms with Crippen LogP contribution in [0.4, 0.5) is 0 Å². The number of carbonyl (C=O) groups excluding carboxylic acids is 1. The maximum atomic E-state index is 12.2. The molecule has 18 heavy (non-hydrogen) atoms. The van der Waals surface area contributed by atoms with Crippen molar-refractivity contribution in [3.63, 3.8) is 0 Å². The molecule has 1 aromatic carbocycles. The minimum Gasteiger partial charge on any atom is -0.508 e. The molecule has 1 aromatic rings. The predicted octanol–water partition coefficient (Wildman–Crippen LogP) is 1.51. The summed E-state index contributed by atoms with van der Waals surface area (Å²) in [6.07, 6.45) is 2.01. The van der Waals surface area contributed by atoms with E-state index in [2.05, 4.69) is 0 Å². The topological polar surface area (TPSA) is 66.6 Å². The van der Waals surface area contributed by atoms with E-state index in [1.54, 1.807) is 30.0 Å². The van der Waals surface area contributed by atoms with Crippen LogP contribution in [-0.2, 0) is 0 Å². The minimum atomic E-state index is -0.00132. The molecule has 0 aliphatic heterocycles. The zero-order valence-electron chi connectivity index (χ0n) is 10.9. The van der Waals surface area contributed by atoms with Gasteiger partial charge in [-0.15, -0.1) is 0 Å². The molecule has 1 saturated carbocycles. The molecule has 0 saturated heterocycles. The van der Waals surface area contributed by atoms with E-state index in [4.69, 9.17) is 5.73 Å². The van der Waals surface area contributed by atoms with E-state index in [1.165, 1.54) is 0 Å². The molecule has 0 radical (unpaired) electrons. The van der Waals surface area contributed by atoms with E-state index in [-0.39, 0.29) is 11.7 Å². The number of benzene rings is 1. The summed E-state index contributed by atoms with van der Waals surface area (Å²) >= 11 is 0. The third-order valence-electron chi connectivity index (χ3n) is 3.59. The van der Waals surface area contributed by atoms with Crippen LogP contribution in [-0.4, -0.2) is 35.5 Å². The van der Waals surface area contributed by atoms with Crippen molar-refractivity contribution in [3.8, 4) is 5.75 Å². The second kappa shape index (κ2) is 4.98. The summed E-state index contributed by atoms with van der Waals surface area (Å²) in [7, 11) is 1.81. The number of carbonyl (C=O) groups is 1. The van der Waals surface area contributed by atoms with Crippen molar-refractivity contribution in [3.05, 3.63) is 29.3 Å². The average Bonchev–Trinajstić information content (AvgIpc) is 2.29. The predicted molar refractivity (Wildman–Crippen MR) is 70.5 cm³/mol. The fraction of sp³-hybridized carbons (Fsp3) is 0.500. The quantitative estimate of drug-likeness (QED) is 0.852. The van der Waals surface area contributed by atoms with Crippen molar-refractivity contribution >= 4 is 5.91 Å². The molecule has 3 N–H and O–H groups in total. The van der Waals surface area contributed by atoms with Gasteiger partial charge in [0.15, 0.2) is 0 Å². The molecule has 2 rings (SSSR count). The summed E-state index contributed by atoms with van der Waals surface area (Å²) in [5, 5.41) is 9.45. The number of phenolic OH excluding ortho intramolecular Hbond substituents is 1. The Morgan fingerprint density at radius 1 is 1.50 bits per heavy atom. The smallest absolute Gasteiger partial charge is 0.253 e. The second-order valence-electron chi connectivity index (χ2n) is 5.28. The monoisotopic (exact) mass is 248 g/mol. The van der Waals surface area contributed by atoms with E-state index in [0.29, 0.717) is 17.5 Å². The lowest BCUT2D eigenvalue weighted by Gasteiger charge is -2.35. The third kappa shape index (κ3) is 2.64. The first kappa shape index (κ1) is 12.9. The number of nitrogens with two attached hydrogens (primary N) is 1. The summed E-state index contributed by atoms with van der Waals surface area (Å²) in [6.45, 7) is 2.55. The molecule has 0 spiro atoms. The second-order valence-corrected chi connectivity index (χ2v) is 5.28. The molecule has 4 heteroatoms. The molecule has 1 aliphatic rings. The molecule has 98 valence electrons. The molecule has 1 aliphatic carbocycles. The fourth-order valence-corrected chi connectivity index (χ4v) is 2.42. The molecular weight excluding hydrogens is 228 g/mol. The largest absolute Gasteiger partial charge is 0.508 e. The Balaban J connectivity index is 1.99. The summed E-state index contributed by atoms with van der Waals surface area (Å²) in [5.74, 6) is 0.755. The molecule has 0 heterocycles. The first-order valence-electron chi connectivity index (χ1n) is 6.28. The maximum Gasteiger partial charge on any atom is 0.253 e. The van der Waals surface area contributed by atoms with Gasteiger partial charge in [-0.2, -0.15) is 0 Å². The van der Waals surface area contributed by atoms with Crippen molar-refractivity contribution < 1.29 is 9.90 Å². The molecule has 0 unspecified atom stereocenters. The molecule has 0 aromatic heterocycles. The number of rotatable bonds is 3. The van der Waals surface area contributed by atoms with Crippen LogP contribution in [0.15, 0.2) is 18.2 Å². The van der Waals surface area contributed by atoms with Gasteiger partial charge in [0.05, 0.1) is 0 Å². The van der Waals surface area contributed by atoms with E-state index in [0.717, 1.165) is 24.9 Å². The van der Waals surface area contributed by atoms with E-state index in [9.17, 15) is 9.90 Å². The number of nitrogens with zero attached hydrogens (tertiary/aromatic N) is 1. The highest BCUT2D eigenvalue weighted by Crippen LogP contribution is 2.26. The fourth-order valence-electron chi connectivity index (χ4n) is 2.42. The summed E-state index contributed by atoms with van der Waals surface area (Å²) in [6, 6.07) is 5.26. The van der Waals surface area contributed by atoms with Crippen LogP contribution in [0, 0.1) is 12.8 Å². The van der Waals surface area contributed by atoms with Gasteiger partial charge in [-0.3, -0.25) is 4.79 Å². The van der Waals surface area contributed by atoms with E-state index < -0.39 is 0 Å². The van der Waals surface area contributed by atoms with Gasteiger partial charge in [-0.1, -0.05) is 0 Å². The SMILES string of the molecule is Cc1cc(C(=O)N(C)CC2CC(N)C2)ccc1O. The average molecular weight is 248 g/mol. The van der Waals surface area contributed by atoms with Crippen LogP contribution in [0.5, 0.6) is 5.75 Å². The highest BCUT2D eigenvalue weighted by atomic mass is 16.3. The first-order chi connectivity index (χ1) is 8.47. The Labute approximate surface area is 107 Å². The summed E-state index contributed by atoms with van der Waals surface area (Å²) < 4.78 is 0. The summed E-state index contributed by atoms with van der Waals surface area (Å²) in [5.41, 5.74) is 7.08. The molecule has 4 nitrogen and oxygen atoms in total. The van der Waals surface area contributed by atoms with Crippen LogP contribution in [0.25, 0.3) is 0 Å². The molecule has 1 amide bonds. The van der Waals surface area contributed by atoms with Crippen LogP contribution in [0.1, 0.15) is 28.8 Å². The molecule has 1 fully saturated rings. The normalized spacial score (nSPS) is 22.4. The molecular formula is C14H20N2O2. The van der Waals surface area contributed by atoms with Crippen molar-refractivity contribution in [2.75, 3.05) is 13.6 Å².